The number of nitrogens with one attached hydrogen (secondary N) is 2. The van der Waals surface area contributed by atoms with Gasteiger partial charge in [-0.05, 0) is 31.8 Å². The van der Waals surface area contributed by atoms with Gasteiger partial charge in [0.15, 0.2) is 0 Å². The van der Waals surface area contributed by atoms with Crippen LogP contribution in [0.2, 0.25) is 0 Å². The molecule has 0 spiro atoms. The van der Waals surface area contributed by atoms with Crippen molar-refractivity contribution in [3.05, 3.63) is 0 Å². The highest BCUT2D eigenvalue weighted by Gasteiger charge is 2.14. The van der Waals surface area contributed by atoms with E-state index in [0.29, 0.717) is 0 Å². The first kappa shape index (κ1) is 8.81. The molecule has 74 valence electrons. The highest BCUT2D eigenvalue weighted by atomic mass is 16.5. The lowest BCUT2D eigenvalue weighted by molar-refractivity contribution is 0.329. The van der Waals surface area contributed by atoms with Crippen molar-refractivity contribution in [3.63, 3.8) is 0 Å². The van der Waals surface area contributed by atoms with E-state index in [1.165, 1.54) is 25.9 Å². The number of amidine groups is 1. The topological polar surface area (TPSA) is 45.6 Å². The molecule has 0 aromatic heterocycles. The Morgan fingerprint density at radius 1 is 1.62 bits per heavy atom. The molecule has 0 aromatic carbocycles. The van der Waals surface area contributed by atoms with Gasteiger partial charge in [0.2, 0.25) is 0 Å². The first-order valence-corrected chi connectivity index (χ1v) is 5.07. The molecule has 4 heteroatoms. The Morgan fingerprint density at radius 2 is 2.62 bits per heavy atom. The van der Waals surface area contributed by atoms with Gasteiger partial charge in [-0.15, -0.1) is 0 Å². The van der Waals surface area contributed by atoms with E-state index < -0.39 is 0 Å². The molecule has 1 saturated heterocycles. The number of hydrogen-bond acceptors (Lipinski definition) is 4. The van der Waals surface area contributed by atoms with Gasteiger partial charge in [0.25, 0.3) is 6.02 Å². The molecule has 2 N–H and O–H groups in total. The van der Waals surface area contributed by atoms with Crippen molar-refractivity contribution >= 4 is 6.02 Å². The smallest absolute Gasteiger partial charge is 0.284 e. The highest BCUT2D eigenvalue weighted by Crippen LogP contribution is 2.10. The van der Waals surface area contributed by atoms with E-state index >= 15 is 0 Å². The second kappa shape index (κ2) is 4.46. The Kier molecular flexibility index (Phi) is 3.02. The predicted molar refractivity (Wildman–Crippen MR) is 51.9 cm³/mol. The van der Waals surface area contributed by atoms with Gasteiger partial charge in [-0.25, -0.2) is 4.99 Å². The van der Waals surface area contributed by atoms with Crippen LogP contribution in [0.4, 0.5) is 0 Å². The van der Waals surface area contributed by atoms with Gasteiger partial charge in [0.05, 0.1) is 6.54 Å². The van der Waals surface area contributed by atoms with Crippen LogP contribution in [-0.4, -0.2) is 38.8 Å². The molecule has 0 bridgehead atoms. The lowest BCUT2D eigenvalue weighted by Gasteiger charge is -2.09. The van der Waals surface area contributed by atoms with Crippen LogP contribution in [0.15, 0.2) is 4.99 Å². The summed E-state index contributed by atoms with van der Waals surface area (Å²) in [6, 6.07) is 0.742. The third-order valence-electron chi connectivity index (χ3n) is 2.58. The zero-order chi connectivity index (χ0) is 8.93. The summed E-state index contributed by atoms with van der Waals surface area (Å²) >= 11 is 0. The van der Waals surface area contributed by atoms with E-state index in [1.54, 1.807) is 0 Å². The molecular weight excluding hydrogens is 166 g/mol. The maximum Gasteiger partial charge on any atom is 0.284 e. The number of ether oxygens (including phenoxy) is 1. The van der Waals surface area contributed by atoms with Crippen LogP contribution >= 0.6 is 0 Å². The summed E-state index contributed by atoms with van der Waals surface area (Å²) in [5, 5.41) is 6.57. The molecule has 4 nitrogen and oxygen atoms in total. The van der Waals surface area contributed by atoms with E-state index in [-0.39, 0.29) is 0 Å². The molecule has 2 aliphatic rings. The summed E-state index contributed by atoms with van der Waals surface area (Å²) in [6.45, 7) is 4.91. The fraction of sp³-hybridized carbons (Fsp3) is 0.889. The van der Waals surface area contributed by atoms with Crippen molar-refractivity contribution in [1.29, 1.82) is 0 Å². The van der Waals surface area contributed by atoms with Gasteiger partial charge in [-0.1, -0.05) is 0 Å². The molecule has 2 heterocycles. The van der Waals surface area contributed by atoms with Crippen LogP contribution < -0.4 is 10.6 Å². The molecule has 13 heavy (non-hydrogen) atoms. The van der Waals surface area contributed by atoms with Crippen molar-refractivity contribution in [2.24, 2.45) is 10.9 Å². The SMILES string of the molecule is C1COC(NCCC2CCNC2)=N1. The van der Waals surface area contributed by atoms with Crippen LogP contribution in [0.5, 0.6) is 0 Å². The zero-order valence-corrected chi connectivity index (χ0v) is 7.88. The molecule has 1 unspecified atom stereocenters. The predicted octanol–water partition coefficient (Wildman–Crippen LogP) is -0.0382. The van der Waals surface area contributed by atoms with E-state index in [0.717, 1.165) is 31.6 Å². The molecule has 0 saturated carbocycles. The highest BCUT2D eigenvalue weighted by molar-refractivity contribution is 5.74. The van der Waals surface area contributed by atoms with Gasteiger partial charge in [-0.2, -0.15) is 0 Å². The summed E-state index contributed by atoms with van der Waals surface area (Å²) in [6.07, 6.45) is 2.53. The summed E-state index contributed by atoms with van der Waals surface area (Å²) in [5.41, 5.74) is 0. The standard InChI is InChI=1S/C9H17N3O/c1-3-10-7-8(1)2-4-11-9-12-5-6-13-9/h8,10H,1-7H2,(H,11,12). The van der Waals surface area contributed by atoms with E-state index in [4.69, 9.17) is 4.74 Å². The molecule has 1 fully saturated rings. The summed E-state index contributed by atoms with van der Waals surface area (Å²) < 4.78 is 5.24. The number of hydrogen-bond donors (Lipinski definition) is 2. The Morgan fingerprint density at radius 3 is 3.31 bits per heavy atom. The Bertz CT molecular complexity index is 187. The molecule has 0 amide bonds. The van der Waals surface area contributed by atoms with Crippen molar-refractivity contribution in [2.45, 2.75) is 12.8 Å². The maximum atomic E-state index is 5.24. The van der Waals surface area contributed by atoms with Crippen molar-refractivity contribution in [2.75, 3.05) is 32.8 Å². The van der Waals surface area contributed by atoms with Crippen molar-refractivity contribution < 1.29 is 4.74 Å². The van der Waals surface area contributed by atoms with Crippen LogP contribution in [0.1, 0.15) is 12.8 Å². The molecule has 0 aromatic rings. The molecule has 0 aliphatic carbocycles. The third-order valence-corrected chi connectivity index (χ3v) is 2.58. The fourth-order valence-electron chi connectivity index (χ4n) is 1.79. The van der Waals surface area contributed by atoms with Gasteiger partial charge >= 0.3 is 0 Å². The largest absolute Gasteiger partial charge is 0.463 e. The minimum Gasteiger partial charge on any atom is -0.463 e. The summed E-state index contributed by atoms with van der Waals surface area (Å²) in [7, 11) is 0. The van der Waals surface area contributed by atoms with Gasteiger partial charge < -0.3 is 15.4 Å². The molecule has 2 rings (SSSR count). The fourth-order valence-corrected chi connectivity index (χ4v) is 1.79. The van der Waals surface area contributed by atoms with E-state index in [1.807, 2.05) is 0 Å². The maximum absolute atomic E-state index is 5.24. The Labute approximate surface area is 78.8 Å². The summed E-state index contributed by atoms with van der Waals surface area (Å²) in [4.78, 5) is 4.17. The molecule has 1 atom stereocenters. The second-order valence-corrected chi connectivity index (χ2v) is 3.61. The van der Waals surface area contributed by atoms with Gasteiger partial charge in [0, 0.05) is 6.54 Å². The van der Waals surface area contributed by atoms with Crippen LogP contribution in [0.25, 0.3) is 0 Å². The van der Waals surface area contributed by atoms with Crippen LogP contribution in [0, 0.1) is 5.92 Å². The van der Waals surface area contributed by atoms with E-state index in [2.05, 4.69) is 15.6 Å². The Hall–Kier alpha value is -0.770. The first-order chi connectivity index (χ1) is 6.45. The van der Waals surface area contributed by atoms with Crippen LogP contribution in [-0.2, 0) is 4.74 Å². The van der Waals surface area contributed by atoms with E-state index in [9.17, 15) is 0 Å². The van der Waals surface area contributed by atoms with Crippen molar-refractivity contribution in [3.8, 4) is 0 Å². The normalized spacial score (nSPS) is 27.1. The average Bonchev–Trinajstić information content (AvgIpc) is 2.75. The second-order valence-electron chi connectivity index (χ2n) is 3.61. The van der Waals surface area contributed by atoms with Crippen LogP contribution in [0.3, 0.4) is 0 Å². The first-order valence-electron chi connectivity index (χ1n) is 5.07. The molecule has 2 aliphatic heterocycles. The molecular formula is C9H17N3O. The molecule has 0 radical (unpaired) electrons. The number of nitrogens with zero attached hydrogens (tertiary/aromatic N) is 1. The monoisotopic (exact) mass is 183 g/mol. The minimum atomic E-state index is 0.742. The van der Waals surface area contributed by atoms with Crippen molar-refractivity contribution in [1.82, 2.24) is 10.6 Å². The zero-order valence-electron chi connectivity index (χ0n) is 7.88. The Balaban J connectivity index is 1.57. The van der Waals surface area contributed by atoms with Gasteiger partial charge in [0.1, 0.15) is 6.61 Å². The third kappa shape index (κ3) is 2.59. The number of aliphatic imine (C=N–C) groups is 1. The lowest BCUT2D eigenvalue weighted by Crippen LogP contribution is -2.26. The minimum absolute atomic E-state index is 0.742. The quantitative estimate of drug-likeness (QED) is 0.645. The lowest BCUT2D eigenvalue weighted by atomic mass is 10.1. The van der Waals surface area contributed by atoms with Gasteiger partial charge in [-0.3, -0.25) is 0 Å². The summed E-state index contributed by atoms with van der Waals surface area (Å²) in [5.74, 6) is 0.842. The number of rotatable bonds is 3. The average molecular weight is 183 g/mol.